The number of benzene rings is 1. The highest BCUT2D eigenvalue weighted by molar-refractivity contribution is 5.47. The molecule has 0 unspecified atom stereocenters. The van der Waals surface area contributed by atoms with Gasteiger partial charge in [0.1, 0.15) is 0 Å². The fourth-order valence-corrected chi connectivity index (χ4v) is 0.988. The number of phenols is 1. The SMILES string of the molecule is COc1ccc(C#CCCO)cc1O. The summed E-state index contributed by atoms with van der Waals surface area (Å²) in [6.07, 6.45) is 0.437. The molecule has 1 aromatic carbocycles. The van der Waals surface area contributed by atoms with Crippen molar-refractivity contribution in [3.05, 3.63) is 23.8 Å². The van der Waals surface area contributed by atoms with E-state index in [-0.39, 0.29) is 12.4 Å². The fourth-order valence-electron chi connectivity index (χ4n) is 0.988. The summed E-state index contributed by atoms with van der Waals surface area (Å²) in [4.78, 5) is 0. The van der Waals surface area contributed by atoms with E-state index in [4.69, 9.17) is 9.84 Å². The van der Waals surface area contributed by atoms with Gasteiger partial charge < -0.3 is 14.9 Å². The first-order valence-electron chi connectivity index (χ1n) is 4.24. The van der Waals surface area contributed by atoms with Gasteiger partial charge in [0, 0.05) is 12.0 Å². The Morgan fingerprint density at radius 1 is 1.43 bits per heavy atom. The van der Waals surface area contributed by atoms with Crippen molar-refractivity contribution >= 4 is 0 Å². The Labute approximate surface area is 83.0 Å². The van der Waals surface area contributed by atoms with E-state index in [0.717, 1.165) is 0 Å². The monoisotopic (exact) mass is 192 g/mol. The number of hydrogen-bond acceptors (Lipinski definition) is 3. The van der Waals surface area contributed by atoms with Gasteiger partial charge in [0.05, 0.1) is 13.7 Å². The number of ether oxygens (including phenoxy) is 1. The van der Waals surface area contributed by atoms with Gasteiger partial charge in [0.25, 0.3) is 0 Å². The number of hydrogen-bond donors (Lipinski definition) is 2. The molecule has 0 radical (unpaired) electrons. The molecule has 1 aromatic rings. The van der Waals surface area contributed by atoms with E-state index in [9.17, 15) is 5.11 Å². The van der Waals surface area contributed by atoms with Crippen molar-refractivity contribution in [3.8, 4) is 23.3 Å². The summed E-state index contributed by atoms with van der Waals surface area (Å²) in [5.41, 5.74) is 0.705. The lowest BCUT2D eigenvalue weighted by Crippen LogP contribution is -1.84. The average molecular weight is 192 g/mol. The smallest absolute Gasteiger partial charge is 0.160 e. The van der Waals surface area contributed by atoms with Crippen molar-refractivity contribution in [1.82, 2.24) is 0 Å². The molecule has 3 nitrogen and oxygen atoms in total. The van der Waals surface area contributed by atoms with Gasteiger partial charge in [-0.3, -0.25) is 0 Å². The van der Waals surface area contributed by atoms with Crippen LogP contribution in [-0.2, 0) is 0 Å². The van der Waals surface area contributed by atoms with Crippen molar-refractivity contribution in [2.45, 2.75) is 6.42 Å². The van der Waals surface area contributed by atoms with E-state index in [1.165, 1.54) is 13.2 Å². The van der Waals surface area contributed by atoms with Crippen LogP contribution in [0.5, 0.6) is 11.5 Å². The second-order valence-electron chi connectivity index (χ2n) is 2.66. The Kier molecular flexibility index (Phi) is 3.84. The molecule has 0 saturated carbocycles. The van der Waals surface area contributed by atoms with E-state index in [1.807, 2.05) is 0 Å². The lowest BCUT2D eigenvalue weighted by molar-refractivity contribution is 0.305. The van der Waals surface area contributed by atoms with Gasteiger partial charge in [-0.15, -0.1) is 0 Å². The summed E-state index contributed by atoms with van der Waals surface area (Å²) < 4.78 is 4.89. The molecule has 0 heterocycles. The minimum Gasteiger partial charge on any atom is -0.504 e. The molecular formula is C11H12O3. The molecule has 0 aliphatic rings. The number of methoxy groups -OCH3 is 1. The maximum absolute atomic E-state index is 9.41. The van der Waals surface area contributed by atoms with Crippen LogP contribution in [0, 0.1) is 11.8 Å². The first-order valence-corrected chi connectivity index (χ1v) is 4.24. The third-order valence-electron chi connectivity index (χ3n) is 1.65. The second-order valence-corrected chi connectivity index (χ2v) is 2.66. The second kappa shape index (κ2) is 5.15. The molecule has 0 aliphatic carbocycles. The number of phenolic OH excluding ortho intramolecular Hbond substituents is 1. The predicted octanol–water partition coefficient (Wildman–Crippen LogP) is 1.13. The van der Waals surface area contributed by atoms with Crippen molar-refractivity contribution in [2.75, 3.05) is 13.7 Å². The highest BCUT2D eigenvalue weighted by Crippen LogP contribution is 2.25. The van der Waals surface area contributed by atoms with Crippen LogP contribution in [0.1, 0.15) is 12.0 Å². The van der Waals surface area contributed by atoms with E-state index >= 15 is 0 Å². The largest absolute Gasteiger partial charge is 0.504 e. The molecule has 0 atom stereocenters. The molecular weight excluding hydrogens is 180 g/mol. The average Bonchev–Trinajstić information content (AvgIpc) is 2.18. The minimum absolute atomic E-state index is 0.0507. The summed E-state index contributed by atoms with van der Waals surface area (Å²) in [6, 6.07) is 4.93. The molecule has 0 bridgehead atoms. The standard InChI is InChI=1S/C11H12O3/c1-14-11-6-5-9(8-10(11)13)4-2-3-7-12/h5-6,8,12-13H,3,7H2,1H3. The Balaban J connectivity index is 2.82. The zero-order valence-corrected chi connectivity index (χ0v) is 7.95. The molecule has 2 N–H and O–H groups in total. The molecule has 0 saturated heterocycles. The quantitative estimate of drug-likeness (QED) is 0.691. The molecule has 0 aliphatic heterocycles. The van der Waals surface area contributed by atoms with Crippen LogP contribution >= 0.6 is 0 Å². The summed E-state index contributed by atoms with van der Waals surface area (Å²) >= 11 is 0. The Hall–Kier alpha value is -1.66. The number of rotatable bonds is 2. The van der Waals surface area contributed by atoms with Gasteiger partial charge in [-0.2, -0.15) is 0 Å². The number of aliphatic hydroxyl groups excluding tert-OH is 1. The summed E-state index contributed by atoms with van der Waals surface area (Å²) in [7, 11) is 1.49. The lowest BCUT2D eigenvalue weighted by atomic mass is 10.2. The number of aromatic hydroxyl groups is 1. The maximum Gasteiger partial charge on any atom is 0.160 e. The molecule has 1 rings (SSSR count). The molecule has 74 valence electrons. The van der Waals surface area contributed by atoms with Crippen molar-refractivity contribution < 1.29 is 14.9 Å². The van der Waals surface area contributed by atoms with Crippen molar-refractivity contribution in [2.24, 2.45) is 0 Å². The molecule has 0 aromatic heterocycles. The van der Waals surface area contributed by atoms with Crippen LogP contribution in [-0.4, -0.2) is 23.9 Å². The normalized spacial score (nSPS) is 9.00. The summed E-state index contributed by atoms with van der Waals surface area (Å²) in [6.45, 7) is 0.0507. The maximum atomic E-state index is 9.41. The summed E-state index contributed by atoms with van der Waals surface area (Å²) in [5.74, 6) is 6.08. The lowest BCUT2D eigenvalue weighted by Gasteiger charge is -2.01. The predicted molar refractivity (Wildman–Crippen MR) is 53.2 cm³/mol. The third kappa shape index (κ3) is 2.68. The van der Waals surface area contributed by atoms with E-state index in [0.29, 0.717) is 17.7 Å². The van der Waals surface area contributed by atoms with Crippen molar-refractivity contribution in [3.63, 3.8) is 0 Å². The Morgan fingerprint density at radius 2 is 2.21 bits per heavy atom. The zero-order chi connectivity index (χ0) is 10.4. The molecule has 0 fully saturated rings. The van der Waals surface area contributed by atoms with Crippen LogP contribution in [0.2, 0.25) is 0 Å². The zero-order valence-electron chi connectivity index (χ0n) is 7.95. The molecule has 0 spiro atoms. The van der Waals surface area contributed by atoms with Gasteiger partial charge in [-0.25, -0.2) is 0 Å². The minimum atomic E-state index is 0.0507. The van der Waals surface area contributed by atoms with E-state index in [1.54, 1.807) is 12.1 Å². The highest BCUT2D eigenvalue weighted by Gasteiger charge is 1.99. The Bertz CT molecular complexity index is 361. The first-order chi connectivity index (χ1) is 6.77. The topological polar surface area (TPSA) is 49.7 Å². The van der Waals surface area contributed by atoms with Crippen LogP contribution in [0.15, 0.2) is 18.2 Å². The molecule has 0 amide bonds. The van der Waals surface area contributed by atoms with Crippen LogP contribution in [0.3, 0.4) is 0 Å². The third-order valence-corrected chi connectivity index (χ3v) is 1.65. The Morgan fingerprint density at radius 3 is 2.79 bits per heavy atom. The van der Waals surface area contributed by atoms with E-state index in [2.05, 4.69) is 11.8 Å². The van der Waals surface area contributed by atoms with Gasteiger partial charge in [-0.1, -0.05) is 11.8 Å². The van der Waals surface area contributed by atoms with Crippen LogP contribution in [0.4, 0.5) is 0 Å². The van der Waals surface area contributed by atoms with Gasteiger partial charge in [0.2, 0.25) is 0 Å². The van der Waals surface area contributed by atoms with Crippen LogP contribution < -0.4 is 4.74 Å². The first kappa shape index (κ1) is 10.4. The van der Waals surface area contributed by atoms with Crippen molar-refractivity contribution in [1.29, 1.82) is 0 Å². The highest BCUT2D eigenvalue weighted by atomic mass is 16.5. The summed E-state index contributed by atoms with van der Waals surface area (Å²) in [5, 5.41) is 17.9. The van der Waals surface area contributed by atoms with Crippen LogP contribution in [0.25, 0.3) is 0 Å². The van der Waals surface area contributed by atoms with Gasteiger partial charge in [0.15, 0.2) is 11.5 Å². The molecule has 14 heavy (non-hydrogen) atoms. The number of aliphatic hydroxyl groups is 1. The van der Waals surface area contributed by atoms with Gasteiger partial charge >= 0.3 is 0 Å². The van der Waals surface area contributed by atoms with Gasteiger partial charge in [-0.05, 0) is 18.2 Å². The van der Waals surface area contributed by atoms with E-state index < -0.39 is 0 Å². The molecule has 3 heteroatoms. The fraction of sp³-hybridized carbons (Fsp3) is 0.273.